The minimum absolute atomic E-state index is 0.192. The summed E-state index contributed by atoms with van der Waals surface area (Å²) in [5.41, 5.74) is 1.60. The molecule has 0 aromatic carbocycles. The number of aryl methyl sites for hydroxylation is 2. The molecule has 0 saturated carbocycles. The minimum Gasteiger partial charge on any atom is -0.477 e. The molecule has 0 aliphatic rings. The number of H-pyrrole nitrogens is 1. The summed E-state index contributed by atoms with van der Waals surface area (Å²) in [5.74, 6) is -0.301. The first kappa shape index (κ1) is 11.3. The lowest BCUT2D eigenvalue weighted by molar-refractivity contribution is 0.0689. The average molecular weight is 258 g/mol. The zero-order chi connectivity index (χ0) is 13.2. The third-order valence-corrected chi connectivity index (χ3v) is 2.77. The quantitative estimate of drug-likeness (QED) is 0.698. The fourth-order valence-electron chi connectivity index (χ4n) is 1.89. The molecular weight excluding hydrogens is 248 g/mol. The van der Waals surface area contributed by atoms with E-state index in [1.54, 1.807) is 28.8 Å². The molecule has 0 amide bonds. The smallest absolute Gasteiger partial charge is 0.352 e. The van der Waals surface area contributed by atoms with Crippen molar-refractivity contribution in [2.45, 2.75) is 12.8 Å². The van der Waals surface area contributed by atoms with E-state index in [-0.39, 0.29) is 5.69 Å². The van der Waals surface area contributed by atoms with Crippen LogP contribution in [0.1, 0.15) is 22.0 Å². The number of nitrogens with one attached hydrogen (secondary N) is 1. The van der Waals surface area contributed by atoms with Gasteiger partial charge in [-0.05, 0) is 29.0 Å². The zero-order valence-corrected chi connectivity index (χ0v) is 9.82. The van der Waals surface area contributed by atoms with Gasteiger partial charge >= 0.3 is 5.97 Å². The molecule has 96 valence electrons. The first-order valence-electron chi connectivity index (χ1n) is 5.67. The van der Waals surface area contributed by atoms with E-state index in [4.69, 9.17) is 5.11 Å². The van der Waals surface area contributed by atoms with Crippen molar-refractivity contribution in [2.75, 3.05) is 0 Å². The molecule has 0 atom stereocenters. The van der Waals surface area contributed by atoms with Gasteiger partial charge in [0.05, 0.1) is 5.69 Å². The minimum atomic E-state index is -0.978. The molecule has 0 bridgehead atoms. The number of carboxylic acid groups (broad SMARTS) is 1. The van der Waals surface area contributed by atoms with Crippen LogP contribution in [0.3, 0.4) is 0 Å². The summed E-state index contributed by atoms with van der Waals surface area (Å²) in [5, 5.41) is 22.5. The molecule has 0 fully saturated rings. The Labute approximate surface area is 107 Å². The molecule has 0 aliphatic carbocycles. The number of tetrazole rings is 1. The maximum Gasteiger partial charge on any atom is 0.352 e. The number of aromatic nitrogens is 6. The van der Waals surface area contributed by atoms with Gasteiger partial charge in [-0.3, -0.25) is 4.40 Å². The second-order valence-electron chi connectivity index (χ2n) is 4.02. The Bertz CT molecular complexity index is 718. The van der Waals surface area contributed by atoms with Gasteiger partial charge in [-0.1, -0.05) is 6.07 Å². The maximum absolute atomic E-state index is 11.1. The van der Waals surface area contributed by atoms with E-state index in [1.165, 1.54) is 0 Å². The number of carbonyl (C=O) groups is 1. The van der Waals surface area contributed by atoms with Gasteiger partial charge in [0.1, 0.15) is 17.2 Å². The van der Waals surface area contributed by atoms with Crippen molar-refractivity contribution in [3.8, 4) is 0 Å². The number of hydrogen-bond acceptors (Lipinski definition) is 5. The first-order valence-corrected chi connectivity index (χ1v) is 5.67. The summed E-state index contributed by atoms with van der Waals surface area (Å²) in [6.07, 6.45) is 2.99. The first-order chi connectivity index (χ1) is 9.24. The number of hydrogen-bond donors (Lipinski definition) is 2. The summed E-state index contributed by atoms with van der Waals surface area (Å²) < 4.78 is 1.57. The van der Waals surface area contributed by atoms with E-state index in [9.17, 15) is 4.79 Å². The summed E-state index contributed by atoms with van der Waals surface area (Å²) in [4.78, 5) is 15.5. The summed E-state index contributed by atoms with van der Waals surface area (Å²) >= 11 is 0. The van der Waals surface area contributed by atoms with Crippen LogP contribution in [0.2, 0.25) is 0 Å². The molecule has 3 rings (SSSR count). The number of fused-ring (bicyclic) bond motifs is 1. The van der Waals surface area contributed by atoms with Gasteiger partial charge in [0.25, 0.3) is 0 Å². The topological polar surface area (TPSA) is 109 Å². The van der Waals surface area contributed by atoms with Crippen LogP contribution in [0.15, 0.2) is 24.4 Å². The van der Waals surface area contributed by atoms with Crippen LogP contribution < -0.4 is 0 Å². The second-order valence-corrected chi connectivity index (χ2v) is 4.02. The van der Waals surface area contributed by atoms with Crippen molar-refractivity contribution < 1.29 is 9.90 Å². The SMILES string of the molecule is O=C(O)c1cccc2nc(CCc3nnn[nH]3)cn12. The van der Waals surface area contributed by atoms with E-state index in [1.807, 2.05) is 0 Å². The number of imidazole rings is 1. The Hall–Kier alpha value is -2.77. The highest BCUT2D eigenvalue weighted by molar-refractivity contribution is 5.86. The zero-order valence-electron chi connectivity index (χ0n) is 9.82. The molecule has 19 heavy (non-hydrogen) atoms. The van der Waals surface area contributed by atoms with Crippen LogP contribution in [0, 0.1) is 0 Å². The third-order valence-electron chi connectivity index (χ3n) is 2.77. The Morgan fingerprint density at radius 1 is 1.37 bits per heavy atom. The van der Waals surface area contributed by atoms with Gasteiger partial charge in [0.15, 0.2) is 0 Å². The molecule has 3 heterocycles. The van der Waals surface area contributed by atoms with Crippen LogP contribution in [0.5, 0.6) is 0 Å². The van der Waals surface area contributed by atoms with Crippen molar-refractivity contribution in [1.82, 2.24) is 30.0 Å². The molecular formula is C11H10N6O2. The number of nitrogens with zero attached hydrogens (tertiary/aromatic N) is 5. The van der Waals surface area contributed by atoms with Crippen LogP contribution in [0.4, 0.5) is 0 Å². The average Bonchev–Trinajstić information content (AvgIpc) is 3.04. The second kappa shape index (κ2) is 4.48. The molecule has 3 aromatic rings. The van der Waals surface area contributed by atoms with Gasteiger partial charge in [0.2, 0.25) is 0 Å². The van der Waals surface area contributed by atoms with Crippen LogP contribution in [0.25, 0.3) is 5.65 Å². The highest BCUT2D eigenvalue weighted by atomic mass is 16.4. The fourth-order valence-corrected chi connectivity index (χ4v) is 1.89. The van der Waals surface area contributed by atoms with Crippen molar-refractivity contribution >= 4 is 11.6 Å². The van der Waals surface area contributed by atoms with Gasteiger partial charge in [0, 0.05) is 12.6 Å². The normalized spacial score (nSPS) is 10.9. The van der Waals surface area contributed by atoms with Crippen molar-refractivity contribution in [1.29, 1.82) is 0 Å². The molecule has 0 aliphatic heterocycles. The Morgan fingerprint density at radius 3 is 3.00 bits per heavy atom. The van der Waals surface area contributed by atoms with Crippen molar-refractivity contribution in [3.63, 3.8) is 0 Å². The molecule has 0 radical (unpaired) electrons. The van der Waals surface area contributed by atoms with E-state index >= 15 is 0 Å². The van der Waals surface area contributed by atoms with E-state index in [0.29, 0.717) is 24.3 Å². The molecule has 0 saturated heterocycles. The number of pyridine rings is 1. The Kier molecular flexibility index (Phi) is 2.67. The number of carboxylic acids is 1. The lowest BCUT2D eigenvalue weighted by Crippen LogP contribution is -2.03. The van der Waals surface area contributed by atoms with Gasteiger partial charge in [-0.25, -0.2) is 14.9 Å². The number of rotatable bonds is 4. The molecule has 0 spiro atoms. The molecule has 8 heteroatoms. The summed E-state index contributed by atoms with van der Waals surface area (Å²) in [6.45, 7) is 0. The van der Waals surface area contributed by atoms with Gasteiger partial charge in [-0.2, -0.15) is 0 Å². The third kappa shape index (κ3) is 2.15. The van der Waals surface area contributed by atoms with Gasteiger partial charge < -0.3 is 5.11 Å². The standard InChI is InChI=1S/C11H10N6O2/c18-11(19)8-2-1-3-10-12-7(6-17(8)10)4-5-9-13-15-16-14-9/h1-3,6H,4-5H2,(H,18,19)(H,13,14,15,16). The highest BCUT2D eigenvalue weighted by Gasteiger charge is 2.10. The van der Waals surface area contributed by atoms with Gasteiger partial charge in [-0.15, -0.1) is 5.10 Å². The maximum atomic E-state index is 11.1. The van der Waals surface area contributed by atoms with Crippen LogP contribution >= 0.6 is 0 Å². The molecule has 8 nitrogen and oxygen atoms in total. The van der Waals surface area contributed by atoms with E-state index in [0.717, 1.165) is 5.69 Å². The number of aromatic amines is 1. The summed E-state index contributed by atoms with van der Waals surface area (Å²) in [7, 11) is 0. The lowest BCUT2D eigenvalue weighted by Gasteiger charge is -1.97. The Balaban J connectivity index is 1.89. The molecule has 3 aromatic heterocycles. The number of aromatic carboxylic acids is 1. The Morgan fingerprint density at radius 2 is 2.26 bits per heavy atom. The molecule has 2 N–H and O–H groups in total. The molecule has 0 unspecified atom stereocenters. The fraction of sp³-hybridized carbons (Fsp3) is 0.182. The van der Waals surface area contributed by atoms with Crippen LogP contribution in [-0.2, 0) is 12.8 Å². The monoisotopic (exact) mass is 258 g/mol. The highest BCUT2D eigenvalue weighted by Crippen LogP contribution is 2.10. The predicted molar refractivity (Wildman–Crippen MR) is 63.7 cm³/mol. The van der Waals surface area contributed by atoms with Crippen LogP contribution in [-0.4, -0.2) is 41.1 Å². The largest absolute Gasteiger partial charge is 0.477 e. The van der Waals surface area contributed by atoms with Crippen molar-refractivity contribution in [2.24, 2.45) is 0 Å². The predicted octanol–water partition coefficient (Wildman–Crippen LogP) is 0.331. The van der Waals surface area contributed by atoms with E-state index in [2.05, 4.69) is 25.6 Å². The van der Waals surface area contributed by atoms with E-state index < -0.39 is 5.97 Å². The summed E-state index contributed by atoms with van der Waals surface area (Å²) in [6, 6.07) is 4.99. The van der Waals surface area contributed by atoms with Crippen molar-refractivity contribution in [3.05, 3.63) is 41.6 Å². The lowest BCUT2D eigenvalue weighted by atomic mass is 10.2.